The summed E-state index contributed by atoms with van der Waals surface area (Å²) in [6.07, 6.45) is 12.1. The van der Waals surface area contributed by atoms with E-state index >= 15 is 0 Å². The number of allylic oxidation sites excluding steroid dienone is 1. The molecule has 1 aliphatic carbocycles. The van der Waals surface area contributed by atoms with Crippen LogP contribution < -0.4 is 0 Å². The summed E-state index contributed by atoms with van der Waals surface area (Å²) in [5.41, 5.74) is 2.29. The third-order valence-electron chi connectivity index (χ3n) is 4.23. The molecule has 1 saturated carbocycles. The standard InChI is InChI=1S/C18H23NO.ClH/c1-19(12-5-8-15-6-2-3-7-15)14-17-10-4-9-16-11-13-20-18(16)17;/h4-5,8-11,13,15H,2-3,6-7,12,14H2,1H3;1H/b8-5+;. The average Bonchev–Trinajstić information content (AvgIpc) is 3.09. The number of nitrogens with zero attached hydrogens (tertiary/aromatic N) is 1. The van der Waals surface area contributed by atoms with Crippen molar-refractivity contribution >= 4 is 23.4 Å². The van der Waals surface area contributed by atoms with Gasteiger partial charge in [-0.25, -0.2) is 0 Å². The van der Waals surface area contributed by atoms with Crippen LogP contribution in [0.2, 0.25) is 0 Å². The SMILES string of the molecule is CN(C/C=C/C1CCCC1)Cc1cccc2ccoc12.Cl. The van der Waals surface area contributed by atoms with Gasteiger partial charge in [-0.3, -0.25) is 4.90 Å². The van der Waals surface area contributed by atoms with Crippen LogP contribution in [0.4, 0.5) is 0 Å². The fourth-order valence-electron chi connectivity index (χ4n) is 3.12. The molecule has 114 valence electrons. The number of hydrogen-bond acceptors (Lipinski definition) is 2. The third kappa shape index (κ3) is 4.12. The van der Waals surface area contributed by atoms with E-state index in [9.17, 15) is 0 Å². The number of furan rings is 1. The van der Waals surface area contributed by atoms with E-state index in [2.05, 4.69) is 42.3 Å². The van der Waals surface area contributed by atoms with Crippen molar-refractivity contribution in [3.8, 4) is 0 Å². The molecule has 1 aliphatic rings. The summed E-state index contributed by atoms with van der Waals surface area (Å²) < 4.78 is 5.59. The number of benzene rings is 1. The van der Waals surface area contributed by atoms with Crippen molar-refractivity contribution in [3.63, 3.8) is 0 Å². The van der Waals surface area contributed by atoms with Gasteiger partial charge >= 0.3 is 0 Å². The zero-order valence-corrected chi connectivity index (χ0v) is 13.4. The third-order valence-corrected chi connectivity index (χ3v) is 4.23. The molecule has 21 heavy (non-hydrogen) atoms. The highest BCUT2D eigenvalue weighted by atomic mass is 35.5. The van der Waals surface area contributed by atoms with Crippen molar-refractivity contribution in [3.05, 3.63) is 48.2 Å². The summed E-state index contributed by atoms with van der Waals surface area (Å²) in [4.78, 5) is 2.34. The first-order valence-corrected chi connectivity index (χ1v) is 7.63. The molecular weight excluding hydrogens is 282 g/mol. The van der Waals surface area contributed by atoms with E-state index in [4.69, 9.17) is 4.42 Å². The summed E-state index contributed by atoms with van der Waals surface area (Å²) in [7, 11) is 2.17. The lowest BCUT2D eigenvalue weighted by Crippen LogP contribution is -2.17. The van der Waals surface area contributed by atoms with Crippen LogP contribution in [0, 0.1) is 5.92 Å². The van der Waals surface area contributed by atoms with Crippen LogP contribution in [0.1, 0.15) is 31.2 Å². The maximum Gasteiger partial charge on any atom is 0.138 e. The van der Waals surface area contributed by atoms with E-state index < -0.39 is 0 Å². The summed E-state index contributed by atoms with van der Waals surface area (Å²) >= 11 is 0. The predicted octanol–water partition coefficient (Wildman–Crippen LogP) is 5.03. The number of likely N-dealkylation sites (N-methyl/N-ethyl adjacent to an activating group) is 1. The maximum atomic E-state index is 5.59. The molecule has 2 aromatic rings. The molecular formula is C18H24ClNO. The van der Waals surface area contributed by atoms with Gasteiger partial charge in [-0.15, -0.1) is 12.4 Å². The van der Waals surface area contributed by atoms with Gasteiger partial charge in [0.25, 0.3) is 0 Å². The minimum atomic E-state index is 0. The normalized spacial score (nSPS) is 16.1. The predicted molar refractivity (Wildman–Crippen MR) is 90.9 cm³/mol. The molecule has 0 unspecified atom stereocenters. The first-order valence-electron chi connectivity index (χ1n) is 7.63. The van der Waals surface area contributed by atoms with E-state index in [1.807, 2.05) is 6.07 Å². The first kappa shape index (κ1) is 16.1. The lowest BCUT2D eigenvalue weighted by molar-refractivity contribution is 0.362. The van der Waals surface area contributed by atoms with Crippen LogP contribution in [-0.4, -0.2) is 18.5 Å². The van der Waals surface area contributed by atoms with Crippen LogP contribution in [0.5, 0.6) is 0 Å². The minimum absolute atomic E-state index is 0. The van der Waals surface area contributed by atoms with Crippen molar-refractivity contribution in [2.75, 3.05) is 13.6 Å². The lowest BCUT2D eigenvalue weighted by atomic mass is 10.1. The molecule has 0 amide bonds. The molecule has 1 aromatic heterocycles. The Bertz CT molecular complexity index is 584. The minimum Gasteiger partial charge on any atom is -0.464 e. The van der Waals surface area contributed by atoms with Gasteiger partial charge in [0.1, 0.15) is 5.58 Å². The number of hydrogen-bond donors (Lipinski definition) is 0. The van der Waals surface area contributed by atoms with E-state index in [0.29, 0.717) is 0 Å². The van der Waals surface area contributed by atoms with E-state index in [0.717, 1.165) is 24.6 Å². The highest BCUT2D eigenvalue weighted by molar-refractivity contribution is 5.85. The molecule has 2 nitrogen and oxygen atoms in total. The van der Waals surface area contributed by atoms with Crippen LogP contribution >= 0.6 is 12.4 Å². The zero-order chi connectivity index (χ0) is 13.8. The Morgan fingerprint density at radius 3 is 2.86 bits per heavy atom. The van der Waals surface area contributed by atoms with Gasteiger partial charge in [0.05, 0.1) is 6.26 Å². The maximum absolute atomic E-state index is 5.59. The highest BCUT2D eigenvalue weighted by Crippen LogP contribution is 2.25. The smallest absolute Gasteiger partial charge is 0.138 e. The summed E-state index contributed by atoms with van der Waals surface area (Å²) in [6.45, 7) is 1.94. The Balaban J connectivity index is 0.00000161. The Morgan fingerprint density at radius 2 is 2.05 bits per heavy atom. The molecule has 0 aliphatic heterocycles. The molecule has 1 aromatic carbocycles. The quantitative estimate of drug-likeness (QED) is 0.720. The van der Waals surface area contributed by atoms with Gasteiger partial charge in [0, 0.05) is 24.0 Å². The van der Waals surface area contributed by atoms with Crippen molar-refractivity contribution in [1.29, 1.82) is 0 Å². The van der Waals surface area contributed by atoms with Crippen LogP contribution in [0.3, 0.4) is 0 Å². The fourth-order valence-corrected chi connectivity index (χ4v) is 3.12. The second-order valence-corrected chi connectivity index (χ2v) is 5.93. The Hall–Kier alpha value is -1.25. The van der Waals surface area contributed by atoms with E-state index in [-0.39, 0.29) is 12.4 Å². The molecule has 0 atom stereocenters. The summed E-state index contributed by atoms with van der Waals surface area (Å²) in [5.74, 6) is 0.830. The largest absolute Gasteiger partial charge is 0.464 e. The second-order valence-electron chi connectivity index (χ2n) is 5.93. The van der Waals surface area contributed by atoms with Gasteiger partial charge in [0.2, 0.25) is 0 Å². The fraction of sp³-hybridized carbons (Fsp3) is 0.444. The molecule has 0 radical (unpaired) electrons. The van der Waals surface area contributed by atoms with Gasteiger partial charge in [-0.05, 0) is 31.9 Å². The molecule has 0 saturated heterocycles. The van der Waals surface area contributed by atoms with Gasteiger partial charge in [0.15, 0.2) is 0 Å². The first-order chi connectivity index (χ1) is 9.83. The van der Waals surface area contributed by atoms with Gasteiger partial charge < -0.3 is 4.42 Å². The van der Waals surface area contributed by atoms with Crippen molar-refractivity contribution in [1.82, 2.24) is 4.90 Å². The van der Waals surface area contributed by atoms with E-state index in [1.165, 1.54) is 36.6 Å². The molecule has 1 fully saturated rings. The second kappa shape index (κ2) is 7.67. The van der Waals surface area contributed by atoms with Crippen molar-refractivity contribution in [2.24, 2.45) is 5.92 Å². The van der Waals surface area contributed by atoms with E-state index in [1.54, 1.807) is 6.26 Å². The molecule has 0 N–H and O–H groups in total. The summed E-state index contributed by atoms with van der Waals surface area (Å²) in [5, 5.41) is 1.19. The highest BCUT2D eigenvalue weighted by Gasteiger charge is 2.11. The molecule has 3 heteroatoms. The topological polar surface area (TPSA) is 16.4 Å². The lowest BCUT2D eigenvalue weighted by Gasteiger charge is -2.15. The Labute approximate surface area is 133 Å². The van der Waals surface area contributed by atoms with Gasteiger partial charge in [-0.2, -0.15) is 0 Å². The molecule has 0 spiro atoms. The number of fused-ring (bicyclic) bond motifs is 1. The van der Waals surface area contributed by atoms with Crippen LogP contribution in [0.15, 0.2) is 47.1 Å². The van der Waals surface area contributed by atoms with Crippen molar-refractivity contribution < 1.29 is 4.42 Å². The average molecular weight is 306 g/mol. The van der Waals surface area contributed by atoms with Crippen LogP contribution in [-0.2, 0) is 6.54 Å². The molecule has 1 heterocycles. The van der Waals surface area contributed by atoms with Crippen molar-refractivity contribution in [2.45, 2.75) is 32.2 Å². The molecule has 0 bridgehead atoms. The molecule has 3 rings (SSSR count). The zero-order valence-electron chi connectivity index (χ0n) is 12.6. The Morgan fingerprint density at radius 1 is 1.24 bits per heavy atom. The number of rotatable bonds is 5. The summed E-state index contributed by atoms with van der Waals surface area (Å²) in [6, 6.07) is 8.39. The monoisotopic (exact) mass is 305 g/mol. The number of para-hydroxylation sites is 1. The van der Waals surface area contributed by atoms with Crippen LogP contribution in [0.25, 0.3) is 11.0 Å². The Kier molecular flexibility index (Phi) is 5.89. The van der Waals surface area contributed by atoms with Gasteiger partial charge in [-0.1, -0.05) is 43.2 Å². The number of halogens is 1.